The second-order valence-corrected chi connectivity index (χ2v) is 4.38. The number of para-hydroxylation sites is 1. The molecule has 4 nitrogen and oxygen atoms in total. The van der Waals surface area contributed by atoms with E-state index in [1.807, 2.05) is 30.3 Å². The minimum absolute atomic E-state index is 0.0208. The lowest BCUT2D eigenvalue weighted by atomic mass is 10.3. The zero-order valence-corrected chi connectivity index (χ0v) is 11.4. The summed E-state index contributed by atoms with van der Waals surface area (Å²) >= 11 is 0. The molecule has 0 saturated carbocycles. The summed E-state index contributed by atoms with van der Waals surface area (Å²) in [5.74, 6) is 0.855. The lowest BCUT2D eigenvalue weighted by Gasteiger charge is -2.20. The van der Waals surface area contributed by atoms with Crippen molar-refractivity contribution >= 4 is 0 Å². The molecule has 0 aliphatic heterocycles. The Labute approximate surface area is 109 Å². The van der Waals surface area contributed by atoms with E-state index in [0.717, 1.165) is 12.3 Å². The van der Waals surface area contributed by atoms with Gasteiger partial charge in [0.15, 0.2) is 0 Å². The lowest BCUT2D eigenvalue weighted by Crippen LogP contribution is -2.37. The fourth-order valence-corrected chi connectivity index (χ4v) is 1.40. The maximum absolute atomic E-state index is 5.68. The number of ether oxygens (including phenoxy) is 3. The minimum atomic E-state index is -0.0208. The Morgan fingerprint density at radius 2 is 1.89 bits per heavy atom. The molecule has 0 aliphatic rings. The average Bonchev–Trinajstić information content (AvgIpc) is 2.39. The smallest absolute Gasteiger partial charge is 0.146 e. The summed E-state index contributed by atoms with van der Waals surface area (Å²) in [7, 11) is 1.62. The molecule has 0 radical (unpaired) electrons. The van der Waals surface area contributed by atoms with Crippen molar-refractivity contribution in [1.29, 1.82) is 0 Å². The molecule has 18 heavy (non-hydrogen) atoms. The van der Waals surface area contributed by atoms with Crippen LogP contribution in [0, 0.1) is 0 Å². The molecule has 0 spiro atoms. The summed E-state index contributed by atoms with van der Waals surface area (Å²) in [6.07, 6.45) is -0.0208. The zero-order chi connectivity index (χ0) is 13.2. The molecule has 0 amide bonds. The molecule has 0 bridgehead atoms. The topological polar surface area (TPSA) is 39.7 Å². The van der Waals surface area contributed by atoms with Gasteiger partial charge in [0.2, 0.25) is 0 Å². The molecule has 0 heterocycles. The fourth-order valence-electron chi connectivity index (χ4n) is 1.40. The first kappa shape index (κ1) is 15.0. The van der Waals surface area contributed by atoms with E-state index in [4.69, 9.17) is 14.2 Å². The largest absolute Gasteiger partial charge is 0.491 e. The Hall–Kier alpha value is -1.10. The molecule has 0 fully saturated rings. The van der Waals surface area contributed by atoms with Crippen LogP contribution in [0.2, 0.25) is 0 Å². The van der Waals surface area contributed by atoms with Gasteiger partial charge in [-0.1, -0.05) is 32.0 Å². The third-order valence-corrected chi connectivity index (χ3v) is 2.35. The summed E-state index contributed by atoms with van der Waals surface area (Å²) in [6.45, 7) is 5.74. The van der Waals surface area contributed by atoms with Gasteiger partial charge in [-0.3, -0.25) is 0 Å². The highest BCUT2D eigenvalue weighted by Crippen LogP contribution is 2.09. The molecule has 1 aromatic carbocycles. The van der Waals surface area contributed by atoms with Gasteiger partial charge >= 0.3 is 0 Å². The van der Waals surface area contributed by atoms with Crippen LogP contribution in [0.3, 0.4) is 0 Å². The Morgan fingerprint density at radius 3 is 2.50 bits per heavy atom. The van der Waals surface area contributed by atoms with Crippen LogP contribution < -0.4 is 10.1 Å². The summed E-state index contributed by atoms with van der Waals surface area (Å²) in [5, 5.41) is 3.33. The average molecular weight is 253 g/mol. The molecule has 0 saturated heterocycles. The van der Waals surface area contributed by atoms with Gasteiger partial charge < -0.3 is 19.5 Å². The van der Waals surface area contributed by atoms with E-state index >= 15 is 0 Å². The molecule has 102 valence electrons. The number of rotatable bonds is 9. The second-order valence-electron chi connectivity index (χ2n) is 4.38. The maximum atomic E-state index is 5.68. The van der Waals surface area contributed by atoms with E-state index in [1.54, 1.807) is 7.11 Å². The van der Waals surface area contributed by atoms with Crippen molar-refractivity contribution in [3.8, 4) is 5.75 Å². The Morgan fingerprint density at radius 1 is 1.17 bits per heavy atom. The number of hydrogen-bond donors (Lipinski definition) is 1. The fraction of sp³-hybridized carbons (Fsp3) is 0.571. The van der Waals surface area contributed by atoms with Crippen LogP contribution in [-0.4, -0.2) is 39.2 Å². The minimum Gasteiger partial charge on any atom is -0.491 e. The third kappa shape index (κ3) is 6.59. The third-order valence-electron chi connectivity index (χ3n) is 2.35. The van der Waals surface area contributed by atoms with Crippen molar-refractivity contribution in [3.05, 3.63) is 30.3 Å². The van der Waals surface area contributed by atoms with Crippen molar-refractivity contribution in [2.24, 2.45) is 0 Å². The molecule has 1 aromatic rings. The predicted molar refractivity (Wildman–Crippen MR) is 71.8 cm³/mol. The monoisotopic (exact) mass is 253 g/mol. The first-order valence-electron chi connectivity index (χ1n) is 6.24. The number of benzene rings is 1. The molecule has 1 unspecified atom stereocenters. The zero-order valence-electron chi connectivity index (χ0n) is 11.4. The predicted octanol–water partition coefficient (Wildman–Crippen LogP) is 2.05. The van der Waals surface area contributed by atoms with Crippen LogP contribution in [0.5, 0.6) is 5.75 Å². The summed E-state index contributed by atoms with van der Waals surface area (Å²) < 4.78 is 16.2. The Balaban J connectivity index is 2.35. The number of hydrogen-bond acceptors (Lipinski definition) is 4. The standard InChI is InChI=1S/C14H23NO3/c1-12(2)15-9-14(18-11-16-3)10-17-13-7-5-4-6-8-13/h4-8,12,14-15H,9-11H2,1-3H3. The van der Waals surface area contributed by atoms with Crippen LogP contribution in [0.1, 0.15) is 13.8 Å². The van der Waals surface area contributed by atoms with Crippen LogP contribution in [0.15, 0.2) is 30.3 Å². The van der Waals surface area contributed by atoms with Gasteiger partial charge in [0.25, 0.3) is 0 Å². The van der Waals surface area contributed by atoms with Gasteiger partial charge in [0.1, 0.15) is 25.3 Å². The number of nitrogens with one attached hydrogen (secondary N) is 1. The van der Waals surface area contributed by atoms with E-state index in [1.165, 1.54) is 0 Å². The van der Waals surface area contributed by atoms with Crippen LogP contribution >= 0.6 is 0 Å². The van der Waals surface area contributed by atoms with E-state index in [9.17, 15) is 0 Å². The van der Waals surface area contributed by atoms with Gasteiger partial charge in [-0.15, -0.1) is 0 Å². The Bertz CT molecular complexity index is 303. The van der Waals surface area contributed by atoms with Crippen molar-refractivity contribution < 1.29 is 14.2 Å². The summed E-state index contributed by atoms with van der Waals surface area (Å²) in [5.41, 5.74) is 0. The van der Waals surface area contributed by atoms with Crippen molar-refractivity contribution in [1.82, 2.24) is 5.32 Å². The van der Waals surface area contributed by atoms with Crippen molar-refractivity contribution in [3.63, 3.8) is 0 Å². The van der Waals surface area contributed by atoms with Gasteiger partial charge in [0, 0.05) is 19.7 Å². The molecule has 0 aromatic heterocycles. The highest BCUT2D eigenvalue weighted by Gasteiger charge is 2.10. The molecule has 1 N–H and O–H groups in total. The van der Waals surface area contributed by atoms with Gasteiger partial charge in [-0.25, -0.2) is 0 Å². The summed E-state index contributed by atoms with van der Waals surface area (Å²) in [4.78, 5) is 0. The molecule has 1 rings (SSSR count). The molecule has 1 atom stereocenters. The van der Waals surface area contributed by atoms with E-state index in [2.05, 4.69) is 19.2 Å². The highest BCUT2D eigenvalue weighted by molar-refractivity contribution is 5.20. The molecular formula is C14H23NO3. The Kier molecular flexibility index (Phi) is 7.41. The highest BCUT2D eigenvalue weighted by atomic mass is 16.7. The van der Waals surface area contributed by atoms with E-state index in [0.29, 0.717) is 12.6 Å². The SMILES string of the molecule is COCOC(CNC(C)C)COc1ccccc1. The molecule has 0 aliphatic carbocycles. The van der Waals surface area contributed by atoms with E-state index in [-0.39, 0.29) is 12.9 Å². The lowest BCUT2D eigenvalue weighted by molar-refractivity contribution is -0.0828. The maximum Gasteiger partial charge on any atom is 0.146 e. The van der Waals surface area contributed by atoms with Gasteiger partial charge in [-0.2, -0.15) is 0 Å². The van der Waals surface area contributed by atoms with Gasteiger partial charge in [0.05, 0.1) is 0 Å². The molecular weight excluding hydrogens is 230 g/mol. The molecule has 4 heteroatoms. The first-order valence-corrected chi connectivity index (χ1v) is 6.24. The quantitative estimate of drug-likeness (QED) is 0.684. The van der Waals surface area contributed by atoms with Crippen molar-refractivity contribution in [2.45, 2.75) is 26.0 Å². The van der Waals surface area contributed by atoms with Crippen molar-refractivity contribution in [2.75, 3.05) is 27.1 Å². The van der Waals surface area contributed by atoms with Crippen LogP contribution in [-0.2, 0) is 9.47 Å². The van der Waals surface area contributed by atoms with E-state index < -0.39 is 0 Å². The second kappa shape index (κ2) is 8.91. The van der Waals surface area contributed by atoms with Crippen LogP contribution in [0.4, 0.5) is 0 Å². The first-order chi connectivity index (χ1) is 8.72. The summed E-state index contributed by atoms with van der Waals surface area (Å²) in [6, 6.07) is 10.2. The van der Waals surface area contributed by atoms with Gasteiger partial charge in [-0.05, 0) is 12.1 Å². The van der Waals surface area contributed by atoms with Crippen LogP contribution in [0.25, 0.3) is 0 Å². The number of methoxy groups -OCH3 is 1. The normalized spacial score (nSPS) is 12.7.